The molecule has 0 spiro atoms. The van der Waals surface area contributed by atoms with Crippen LogP contribution in [0.1, 0.15) is 26.2 Å². The molecule has 2 heteroatoms. The molecule has 0 saturated carbocycles. The summed E-state index contributed by atoms with van der Waals surface area (Å²) >= 11 is 0. The first-order chi connectivity index (χ1) is 6.25. The van der Waals surface area contributed by atoms with Gasteiger partial charge in [0.05, 0.1) is 0 Å². The summed E-state index contributed by atoms with van der Waals surface area (Å²) in [5.74, 6) is 0.718. The van der Waals surface area contributed by atoms with E-state index in [0.717, 1.165) is 18.4 Å². The summed E-state index contributed by atoms with van der Waals surface area (Å²) in [4.78, 5) is 2.60. The molecule has 0 aromatic carbocycles. The van der Waals surface area contributed by atoms with E-state index in [2.05, 4.69) is 24.0 Å². The molecule has 3 atom stereocenters. The standard InChI is InChI=1S/C11H20N2/c1-9-3-2-6-13(9)8-10-4-5-11(12)7-10/h4-5,9-11H,2-3,6-8,12H2,1H3. The van der Waals surface area contributed by atoms with Gasteiger partial charge in [0, 0.05) is 18.6 Å². The monoisotopic (exact) mass is 180 g/mol. The Morgan fingerprint density at radius 2 is 2.31 bits per heavy atom. The van der Waals surface area contributed by atoms with E-state index in [1.54, 1.807) is 0 Å². The Bertz CT molecular complexity index is 200. The van der Waals surface area contributed by atoms with Crippen molar-refractivity contribution in [2.24, 2.45) is 11.7 Å². The van der Waals surface area contributed by atoms with Gasteiger partial charge in [0.2, 0.25) is 0 Å². The van der Waals surface area contributed by atoms with Gasteiger partial charge < -0.3 is 10.6 Å². The summed E-state index contributed by atoms with van der Waals surface area (Å²) in [6.45, 7) is 4.86. The van der Waals surface area contributed by atoms with Crippen molar-refractivity contribution in [1.82, 2.24) is 4.90 Å². The Morgan fingerprint density at radius 1 is 1.46 bits per heavy atom. The Hall–Kier alpha value is -0.340. The molecule has 2 nitrogen and oxygen atoms in total. The fourth-order valence-electron chi connectivity index (χ4n) is 2.51. The average Bonchev–Trinajstić information content (AvgIpc) is 2.64. The van der Waals surface area contributed by atoms with Crippen LogP contribution in [0.15, 0.2) is 12.2 Å². The van der Waals surface area contributed by atoms with Gasteiger partial charge in [-0.05, 0) is 38.6 Å². The average molecular weight is 180 g/mol. The highest BCUT2D eigenvalue weighted by molar-refractivity contribution is 5.05. The second-order valence-electron chi connectivity index (χ2n) is 4.53. The molecule has 74 valence electrons. The fourth-order valence-corrected chi connectivity index (χ4v) is 2.51. The van der Waals surface area contributed by atoms with Crippen molar-refractivity contribution in [2.45, 2.75) is 38.3 Å². The summed E-state index contributed by atoms with van der Waals surface area (Å²) < 4.78 is 0. The van der Waals surface area contributed by atoms with Gasteiger partial charge in [-0.3, -0.25) is 0 Å². The molecular formula is C11H20N2. The third-order valence-corrected chi connectivity index (χ3v) is 3.36. The van der Waals surface area contributed by atoms with E-state index in [0.29, 0.717) is 6.04 Å². The molecule has 1 heterocycles. The van der Waals surface area contributed by atoms with Crippen LogP contribution in [0.25, 0.3) is 0 Å². The lowest BCUT2D eigenvalue weighted by atomic mass is 10.1. The van der Waals surface area contributed by atoms with E-state index in [4.69, 9.17) is 5.73 Å². The van der Waals surface area contributed by atoms with Gasteiger partial charge in [-0.1, -0.05) is 12.2 Å². The van der Waals surface area contributed by atoms with Gasteiger partial charge in [0.25, 0.3) is 0 Å². The van der Waals surface area contributed by atoms with Gasteiger partial charge in [-0.2, -0.15) is 0 Å². The van der Waals surface area contributed by atoms with Gasteiger partial charge >= 0.3 is 0 Å². The predicted octanol–water partition coefficient (Wildman–Crippen LogP) is 1.37. The maximum atomic E-state index is 5.83. The molecule has 2 rings (SSSR count). The molecule has 1 aliphatic heterocycles. The van der Waals surface area contributed by atoms with Crippen LogP contribution in [0.4, 0.5) is 0 Å². The Labute approximate surface area is 80.8 Å². The van der Waals surface area contributed by atoms with Crippen LogP contribution >= 0.6 is 0 Å². The number of rotatable bonds is 2. The lowest BCUT2D eigenvalue weighted by Gasteiger charge is -2.24. The highest BCUT2D eigenvalue weighted by atomic mass is 15.2. The molecule has 13 heavy (non-hydrogen) atoms. The maximum absolute atomic E-state index is 5.83. The van der Waals surface area contributed by atoms with E-state index in [1.165, 1.54) is 25.9 Å². The predicted molar refractivity (Wildman–Crippen MR) is 55.5 cm³/mol. The van der Waals surface area contributed by atoms with Crippen molar-refractivity contribution >= 4 is 0 Å². The van der Waals surface area contributed by atoms with Crippen LogP contribution < -0.4 is 5.73 Å². The molecule has 0 bridgehead atoms. The molecule has 1 aliphatic carbocycles. The third kappa shape index (κ3) is 2.12. The Morgan fingerprint density at radius 3 is 2.85 bits per heavy atom. The Kier molecular flexibility index (Phi) is 2.70. The smallest absolute Gasteiger partial charge is 0.0229 e. The van der Waals surface area contributed by atoms with Crippen LogP contribution in [-0.4, -0.2) is 30.1 Å². The van der Waals surface area contributed by atoms with E-state index >= 15 is 0 Å². The zero-order valence-corrected chi connectivity index (χ0v) is 8.45. The third-order valence-electron chi connectivity index (χ3n) is 3.36. The van der Waals surface area contributed by atoms with Gasteiger partial charge in [0.15, 0.2) is 0 Å². The lowest BCUT2D eigenvalue weighted by Crippen LogP contribution is -2.32. The summed E-state index contributed by atoms with van der Waals surface area (Å²) in [6, 6.07) is 1.12. The molecule has 0 aromatic heterocycles. The maximum Gasteiger partial charge on any atom is 0.0229 e. The van der Waals surface area contributed by atoms with Crippen molar-refractivity contribution in [2.75, 3.05) is 13.1 Å². The van der Waals surface area contributed by atoms with E-state index in [9.17, 15) is 0 Å². The minimum Gasteiger partial charge on any atom is -0.324 e. The summed E-state index contributed by atoms with van der Waals surface area (Å²) in [6.07, 6.45) is 8.37. The van der Waals surface area contributed by atoms with Crippen LogP contribution in [0.3, 0.4) is 0 Å². The SMILES string of the molecule is CC1CCCN1CC1C=CC(N)C1. The highest BCUT2D eigenvalue weighted by Crippen LogP contribution is 2.23. The van der Waals surface area contributed by atoms with Crippen LogP contribution in [0, 0.1) is 5.92 Å². The molecule has 2 N–H and O–H groups in total. The summed E-state index contributed by atoms with van der Waals surface area (Å²) in [7, 11) is 0. The normalized spacial score (nSPS) is 40.3. The summed E-state index contributed by atoms with van der Waals surface area (Å²) in [5, 5.41) is 0. The molecule has 2 aliphatic rings. The Balaban J connectivity index is 1.81. The molecular weight excluding hydrogens is 160 g/mol. The molecule has 3 unspecified atom stereocenters. The molecule has 0 aromatic rings. The largest absolute Gasteiger partial charge is 0.324 e. The van der Waals surface area contributed by atoms with E-state index in [1.807, 2.05) is 0 Å². The number of hydrogen-bond acceptors (Lipinski definition) is 2. The van der Waals surface area contributed by atoms with E-state index < -0.39 is 0 Å². The van der Waals surface area contributed by atoms with Gasteiger partial charge in [-0.15, -0.1) is 0 Å². The molecule has 0 radical (unpaired) electrons. The zero-order chi connectivity index (χ0) is 9.26. The van der Waals surface area contributed by atoms with E-state index in [-0.39, 0.29) is 0 Å². The fraction of sp³-hybridized carbons (Fsp3) is 0.818. The molecule has 1 saturated heterocycles. The second kappa shape index (κ2) is 3.81. The van der Waals surface area contributed by atoms with Gasteiger partial charge in [-0.25, -0.2) is 0 Å². The van der Waals surface area contributed by atoms with Crippen molar-refractivity contribution in [3.05, 3.63) is 12.2 Å². The molecule has 1 fully saturated rings. The van der Waals surface area contributed by atoms with Crippen molar-refractivity contribution in [1.29, 1.82) is 0 Å². The molecule has 0 amide bonds. The number of likely N-dealkylation sites (tertiary alicyclic amines) is 1. The summed E-state index contributed by atoms with van der Waals surface area (Å²) in [5.41, 5.74) is 5.83. The minimum atomic E-state index is 0.322. The minimum absolute atomic E-state index is 0.322. The van der Waals surface area contributed by atoms with Crippen molar-refractivity contribution in [3.8, 4) is 0 Å². The quantitative estimate of drug-likeness (QED) is 0.650. The first kappa shape index (κ1) is 9.22. The first-order valence-electron chi connectivity index (χ1n) is 5.43. The van der Waals surface area contributed by atoms with Crippen molar-refractivity contribution < 1.29 is 0 Å². The second-order valence-corrected chi connectivity index (χ2v) is 4.53. The first-order valence-corrected chi connectivity index (χ1v) is 5.43. The van der Waals surface area contributed by atoms with Crippen LogP contribution in [-0.2, 0) is 0 Å². The van der Waals surface area contributed by atoms with Gasteiger partial charge in [0.1, 0.15) is 0 Å². The lowest BCUT2D eigenvalue weighted by molar-refractivity contribution is 0.240. The van der Waals surface area contributed by atoms with Crippen LogP contribution in [0.5, 0.6) is 0 Å². The highest BCUT2D eigenvalue weighted by Gasteiger charge is 2.24. The number of nitrogens with zero attached hydrogens (tertiary/aromatic N) is 1. The van der Waals surface area contributed by atoms with Crippen molar-refractivity contribution in [3.63, 3.8) is 0 Å². The number of hydrogen-bond donors (Lipinski definition) is 1. The topological polar surface area (TPSA) is 29.3 Å². The zero-order valence-electron chi connectivity index (χ0n) is 8.45. The number of nitrogens with two attached hydrogens (primary N) is 1. The van der Waals surface area contributed by atoms with Crippen LogP contribution in [0.2, 0.25) is 0 Å².